The lowest BCUT2D eigenvalue weighted by Gasteiger charge is -2.17. The van der Waals surface area contributed by atoms with Crippen molar-refractivity contribution in [2.75, 3.05) is 18.0 Å². The number of hydrogen-bond acceptors (Lipinski definition) is 2. The average Bonchev–Trinajstić information content (AvgIpc) is 2.57. The summed E-state index contributed by atoms with van der Waals surface area (Å²) in [7, 11) is 0. The minimum atomic E-state index is 0.619. The van der Waals surface area contributed by atoms with Crippen LogP contribution in [0.2, 0.25) is 0 Å². The first-order chi connectivity index (χ1) is 6.66. The standard InChI is InChI=1S/C10H12Br2N2/c1-7-4-10(13-5-9(7)12)14-3-2-8(11)6-14/h4-5,8H,2-3,6H2,1H3. The fourth-order valence-corrected chi connectivity index (χ4v) is 2.39. The number of nitrogens with zero attached hydrogens (tertiary/aromatic N) is 2. The Morgan fingerprint density at radius 1 is 1.57 bits per heavy atom. The first-order valence-electron chi connectivity index (χ1n) is 4.68. The first-order valence-corrected chi connectivity index (χ1v) is 6.39. The van der Waals surface area contributed by atoms with Gasteiger partial charge in [-0.3, -0.25) is 0 Å². The molecule has 1 saturated heterocycles. The molecule has 1 aliphatic heterocycles. The summed E-state index contributed by atoms with van der Waals surface area (Å²) in [4.78, 5) is 7.35. The Bertz CT molecular complexity index is 341. The monoisotopic (exact) mass is 318 g/mol. The Morgan fingerprint density at radius 3 is 2.93 bits per heavy atom. The fraction of sp³-hybridized carbons (Fsp3) is 0.500. The van der Waals surface area contributed by atoms with Gasteiger partial charge in [0, 0.05) is 28.6 Å². The van der Waals surface area contributed by atoms with Crippen LogP contribution in [0.4, 0.5) is 5.82 Å². The molecule has 0 bridgehead atoms. The summed E-state index contributed by atoms with van der Waals surface area (Å²) in [5.41, 5.74) is 1.24. The van der Waals surface area contributed by atoms with Gasteiger partial charge >= 0.3 is 0 Å². The number of aryl methyl sites for hydroxylation is 1. The summed E-state index contributed by atoms with van der Waals surface area (Å²) in [5, 5.41) is 0. The van der Waals surface area contributed by atoms with Crippen LogP contribution in [-0.2, 0) is 0 Å². The van der Waals surface area contributed by atoms with Crippen molar-refractivity contribution >= 4 is 37.7 Å². The van der Waals surface area contributed by atoms with Crippen molar-refractivity contribution in [3.63, 3.8) is 0 Å². The molecule has 14 heavy (non-hydrogen) atoms. The number of hydrogen-bond donors (Lipinski definition) is 0. The minimum Gasteiger partial charge on any atom is -0.355 e. The van der Waals surface area contributed by atoms with E-state index in [0.29, 0.717) is 4.83 Å². The normalized spacial score (nSPS) is 21.6. The van der Waals surface area contributed by atoms with E-state index in [9.17, 15) is 0 Å². The number of anilines is 1. The van der Waals surface area contributed by atoms with Crippen LogP contribution in [0.1, 0.15) is 12.0 Å². The lowest BCUT2D eigenvalue weighted by molar-refractivity contribution is 0.934. The van der Waals surface area contributed by atoms with Crippen molar-refractivity contribution in [3.8, 4) is 0 Å². The van der Waals surface area contributed by atoms with Crippen LogP contribution in [0.5, 0.6) is 0 Å². The molecule has 1 fully saturated rings. The number of halogens is 2. The topological polar surface area (TPSA) is 16.1 Å². The average molecular weight is 320 g/mol. The third kappa shape index (κ3) is 2.11. The summed E-state index contributed by atoms with van der Waals surface area (Å²) in [5.74, 6) is 1.09. The highest BCUT2D eigenvalue weighted by Crippen LogP contribution is 2.25. The van der Waals surface area contributed by atoms with Gasteiger partial charge in [0.15, 0.2) is 0 Å². The molecule has 4 heteroatoms. The van der Waals surface area contributed by atoms with Gasteiger partial charge in [-0.2, -0.15) is 0 Å². The molecular formula is C10H12Br2N2. The van der Waals surface area contributed by atoms with Crippen molar-refractivity contribution < 1.29 is 0 Å². The van der Waals surface area contributed by atoms with Gasteiger partial charge in [-0.15, -0.1) is 0 Å². The maximum absolute atomic E-state index is 4.41. The minimum absolute atomic E-state index is 0.619. The molecule has 1 aliphatic rings. The van der Waals surface area contributed by atoms with Gasteiger partial charge in [-0.25, -0.2) is 4.98 Å². The quantitative estimate of drug-likeness (QED) is 0.739. The zero-order valence-corrected chi connectivity index (χ0v) is 11.2. The summed E-state index contributed by atoms with van der Waals surface area (Å²) in [6.45, 7) is 4.26. The Labute approximate surface area is 101 Å². The van der Waals surface area contributed by atoms with E-state index in [4.69, 9.17) is 0 Å². The number of alkyl halides is 1. The van der Waals surface area contributed by atoms with Crippen LogP contribution in [0.25, 0.3) is 0 Å². The van der Waals surface area contributed by atoms with Crippen LogP contribution in [0.15, 0.2) is 16.7 Å². The largest absolute Gasteiger partial charge is 0.355 e. The van der Waals surface area contributed by atoms with Crippen LogP contribution in [0, 0.1) is 6.92 Å². The highest BCUT2D eigenvalue weighted by atomic mass is 79.9. The van der Waals surface area contributed by atoms with Gasteiger partial charge in [0.25, 0.3) is 0 Å². The molecule has 2 heterocycles. The van der Waals surface area contributed by atoms with Crippen molar-refractivity contribution in [2.24, 2.45) is 0 Å². The van der Waals surface area contributed by atoms with Gasteiger partial charge in [-0.1, -0.05) is 15.9 Å². The lowest BCUT2D eigenvalue weighted by Crippen LogP contribution is -2.20. The molecule has 0 aromatic carbocycles. The van der Waals surface area contributed by atoms with E-state index < -0.39 is 0 Å². The Balaban J connectivity index is 2.20. The molecule has 1 aromatic heterocycles. The van der Waals surface area contributed by atoms with Gasteiger partial charge in [0.1, 0.15) is 5.82 Å². The number of pyridine rings is 1. The fourth-order valence-electron chi connectivity index (χ4n) is 1.62. The van der Waals surface area contributed by atoms with E-state index in [1.54, 1.807) is 0 Å². The third-order valence-electron chi connectivity index (χ3n) is 2.49. The van der Waals surface area contributed by atoms with Gasteiger partial charge in [0.05, 0.1) is 0 Å². The van der Waals surface area contributed by atoms with Crippen molar-refractivity contribution in [2.45, 2.75) is 18.2 Å². The van der Waals surface area contributed by atoms with Crippen LogP contribution in [-0.4, -0.2) is 22.9 Å². The predicted molar refractivity (Wildman–Crippen MR) is 66.2 cm³/mol. The summed E-state index contributed by atoms with van der Waals surface area (Å²) in [6.07, 6.45) is 3.09. The summed E-state index contributed by atoms with van der Waals surface area (Å²) >= 11 is 7.09. The second kappa shape index (κ2) is 4.19. The third-order valence-corrected chi connectivity index (χ3v) is 4.06. The van der Waals surface area contributed by atoms with Gasteiger partial charge in [-0.05, 0) is 40.9 Å². The zero-order chi connectivity index (χ0) is 10.1. The van der Waals surface area contributed by atoms with Crippen molar-refractivity contribution in [1.29, 1.82) is 0 Å². The molecular weight excluding hydrogens is 308 g/mol. The van der Waals surface area contributed by atoms with Crippen molar-refractivity contribution in [3.05, 3.63) is 22.3 Å². The van der Waals surface area contributed by atoms with Crippen molar-refractivity contribution in [1.82, 2.24) is 4.98 Å². The second-order valence-corrected chi connectivity index (χ2v) is 5.77. The lowest BCUT2D eigenvalue weighted by atomic mass is 10.3. The molecule has 2 nitrogen and oxygen atoms in total. The van der Waals surface area contributed by atoms with Crippen LogP contribution >= 0.6 is 31.9 Å². The molecule has 0 saturated carbocycles. The van der Waals surface area contributed by atoms with E-state index in [2.05, 4.69) is 54.7 Å². The Hall–Kier alpha value is -0.0900. The Kier molecular flexibility index (Phi) is 3.12. The molecule has 2 rings (SSSR count). The molecule has 1 unspecified atom stereocenters. The number of aromatic nitrogens is 1. The molecule has 0 amide bonds. The van der Waals surface area contributed by atoms with E-state index in [0.717, 1.165) is 23.4 Å². The molecule has 1 atom stereocenters. The highest BCUT2D eigenvalue weighted by molar-refractivity contribution is 9.10. The van der Waals surface area contributed by atoms with E-state index in [1.807, 2.05) is 6.20 Å². The van der Waals surface area contributed by atoms with Gasteiger partial charge < -0.3 is 4.90 Å². The zero-order valence-electron chi connectivity index (χ0n) is 8.00. The van der Waals surface area contributed by atoms with E-state index >= 15 is 0 Å². The van der Waals surface area contributed by atoms with E-state index in [-0.39, 0.29) is 0 Å². The molecule has 0 aliphatic carbocycles. The molecule has 76 valence electrons. The van der Waals surface area contributed by atoms with Crippen LogP contribution in [0.3, 0.4) is 0 Å². The van der Waals surface area contributed by atoms with Crippen LogP contribution < -0.4 is 4.90 Å². The van der Waals surface area contributed by atoms with E-state index in [1.165, 1.54) is 12.0 Å². The van der Waals surface area contributed by atoms with Gasteiger partial charge in [0.2, 0.25) is 0 Å². The second-order valence-electron chi connectivity index (χ2n) is 3.62. The highest BCUT2D eigenvalue weighted by Gasteiger charge is 2.21. The first kappa shape index (κ1) is 10.4. The summed E-state index contributed by atoms with van der Waals surface area (Å²) in [6, 6.07) is 2.13. The molecule has 0 N–H and O–H groups in total. The summed E-state index contributed by atoms with van der Waals surface area (Å²) < 4.78 is 1.08. The molecule has 0 radical (unpaired) electrons. The predicted octanol–water partition coefficient (Wildman–Crippen LogP) is 3.13. The molecule has 1 aromatic rings. The maximum atomic E-state index is 4.41. The SMILES string of the molecule is Cc1cc(N2CCC(Br)C2)ncc1Br. The maximum Gasteiger partial charge on any atom is 0.128 e. The smallest absolute Gasteiger partial charge is 0.128 e. The molecule has 0 spiro atoms. The number of rotatable bonds is 1. The Morgan fingerprint density at radius 2 is 2.36 bits per heavy atom.